The number of aromatic amines is 1. The molecular formula is C38H41F4N7O5. The van der Waals surface area contributed by atoms with Crippen molar-refractivity contribution in [2.75, 3.05) is 38.0 Å². The molecule has 1 unspecified atom stereocenters. The van der Waals surface area contributed by atoms with Gasteiger partial charge in [0.15, 0.2) is 0 Å². The molecule has 286 valence electrons. The van der Waals surface area contributed by atoms with Gasteiger partial charge < -0.3 is 19.5 Å². The van der Waals surface area contributed by atoms with Crippen molar-refractivity contribution in [3.63, 3.8) is 0 Å². The molecule has 0 saturated carbocycles. The van der Waals surface area contributed by atoms with Gasteiger partial charge in [0.2, 0.25) is 17.7 Å². The molecule has 16 heteroatoms. The summed E-state index contributed by atoms with van der Waals surface area (Å²) in [6, 6.07) is 8.94. The van der Waals surface area contributed by atoms with E-state index in [2.05, 4.69) is 30.5 Å². The molecule has 2 aromatic heterocycles. The Balaban J connectivity index is 0.910. The van der Waals surface area contributed by atoms with E-state index in [0.29, 0.717) is 98.0 Å². The van der Waals surface area contributed by atoms with Gasteiger partial charge in [-0.15, -0.1) is 13.2 Å². The van der Waals surface area contributed by atoms with Crippen LogP contribution in [0.15, 0.2) is 53.6 Å². The van der Waals surface area contributed by atoms with Crippen molar-refractivity contribution in [1.29, 1.82) is 0 Å². The summed E-state index contributed by atoms with van der Waals surface area (Å²) in [6.45, 7) is 2.49. The summed E-state index contributed by atoms with van der Waals surface area (Å²) in [4.78, 5) is 53.1. The Hall–Kier alpha value is -5.25. The number of halogens is 4. The summed E-state index contributed by atoms with van der Waals surface area (Å²) in [5.74, 6) is -1.38. The second-order valence-electron chi connectivity index (χ2n) is 14.5. The summed E-state index contributed by atoms with van der Waals surface area (Å²) in [5, 5.41) is 12.4. The molecule has 0 spiro atoms. The van der Waals surface area contributed by atoms with Gasteiger partial charge in [0.1, 0.15) is 23.1 Å². The number of anilines is 1. The van der Waals surface area contributed by atoms with Gasteiger partial charge in [-0.3, -0.25) is 34.5 Å². The van der Waals surface area contributed by atoms with Gasteiger partial charge in [-0.05, 0) is 98.3 Å². The average Bonchev–Trinajstić information content (AvgIpc) is 3.63. The topological polar surface area (TPSA) is 142 Å². The lowest BCUT2D eigenvalue weighted by atomic mass is 9.88. The lowest BCUT2D eigenvalue weighted by Crippen LogP contribution is -2.47. The number of aryl methyl sites for hydroxylation is 1. The minimum Gasteiger partial charge on any atom is -0.405 e. The number of aromatic nitrogens is 3. The van der Waals surface area contributed by atoms with Crippen LogP contribution in [0, 0.1) is 11.7 Å². The number of carbonyl (C=O) groups excluding carboxylic acids is 3. The first-order valence-corrected chi connectivity index (χ1v) is 18.1. The molecule has 2 aromatic carbocycles. The van der Waals surface area contributed by atoms with Crippen LogP contribution in [0.25, 0.3) is 22.0 Å². The van der Waals surface area contributed by atoms with Gasteiger partial charge in [0, 0.05) is 49.4 Å². The molecule has 0 aliphatic carbocycles. The van der Waals surface area contributed by atoms with Crippen LogP contribution >= 0.6 is 0 Å². The van der Waals surface area contributed by atoms with Crippen LogP contribution in [0.4, 0.5) is 23.2 Å². The predicted octanol–water partition coefficient (Wildman–Crippen LogP) is 4.84. The van der Waals surface area contributed by atoms with Gasteiger partial charge in [0.05, 0.1) is 12.7 Å². The summed E-state index contributed by atoms with van der Waals surface area (Å²) >= 11 is 0. The maximum Gasteiger partial charge on any atom is 0.573 e. The van der Waals surface area contributed by atoms with Crippen LogP contribution in [0.3, 0.4) is 0 Å². The van der Waals surface area contributed by atoms with E-state index in [1.54, 1.807) is 37.5 Å². The Kier molecular flexibility index (Phi) is 10.5. The second-order valence-corrected chi connectivity index (χ2v) is 14.5. The number of alkyl halides is 3. The van der Waals surface area contributed by atoms with Crippen molar-refractivity contribution >= 4 is 34.3 Å². The molecule has 1 atom stereocenters. The van der Waals surface area contributed by atoms with Crippen molar-refractivity contribution in [2.24, 2.45) is 13.0 Å². The van der Waals surface area contributed by atoms with E-state index in [0.717, 1.165) is 0 Å². The van der Waals surface area contributed by atoms with Gasteiger partial charge in [-0.2, -0.15) is 5.10 Å². The Labute approximate surface area is 307 Å². The quantitative estimate of drug-likeness (QED) is 0.163. The lowest BCUT2D eigenvalue weighted by molar-refractivity contribution is -0.274. The number of pyridine rings is 1. The maximum absolute atomic E-state index is 15.2. The first kappa shape index (κ1) is 37.1. The van der Waals surface area contributed by atoms with Crippen LogP contribution in [-0.4, -0.2) is 87.4 Å². The Morgan fingerprint density at radius 1 is 1.00 bits per heavy atom. The summed E-state index contributed by atoms with van der Waals surface area (Å²) in [5.41, 5.74) is 2.42. The first-order valence-electron chi connectivity index (χ1n) is 18.1. The number of benzene rings is 2. The van der Waals surface area contributed by atoms with Crippen molar-refractivity contribution in [2.45, 2.75) is 63.3 Å². The van der Waals surface area contributed by atoms with Crippen molar-refractivity contribution in [3.05, 3.63) is 76.1 Å². The summed E-state index contributed by atoms with van der Waals surface area (Å²) in [6.07, 6.45) is 1.71. The number of piperidine rings is 3. The minimum absolute atomic E-state index is 0.00208. The smallest absolute Gasteiger partial charge is 0.405 e. The summed E-state index contributed by atoms with van der Waals surface area (Å²) in [7, 11) is 1.56. The normalized spacial score (nSPS) is 19.3. The zero-order valence-corrected chi connectivity index (χ0v) is 29.7. The third-order valence-corrected chi connectivity index (χ3v) is 10.8. The van der Waals surface area contributed by atoms with E-state index in [4.69, 9.17) is 0 Å². The van der Waals surface area contributed by atoms with Crippen molar-refractivity contribution in [3.8, 4) is 16.9 Å². The fraction of sp³-hybridized carbons (Fsp3) is 0.447. The SMILES string of the molecule is Cn1cc(-c2ccc(CC3CCN(CC(=O)N4CCC(c5ccc(NC6CCC(=O)NC6=O)cc5F)CC4)CC3)c(OC(F)(F)F)c2)c2cn[nH]c2c1=O. The van der Waals surface area contributed by atoms with Gasteiger partial charge in [0.25, 0.3) is 5.56 Å². The molecule has 7 rings (SSSR count). The number of amides is 3. The monoisotopic (exact) mass is 751 g/mol. The van der Waals surface area contributed by atoms with Crippen LogP contribution in [0.1, 0.15) is 55.6 Å². The molecule has 3 aliphatic rings. The number of hydrogen-bond acceptors (Lipinski definition) is 8. The van der Waals surface area contributed by atoms with Gasteiger partial charge in [-0.25, -0.2) is 4.39 Å². The van der Waals surface area contributed by atoms with Gasteiger partial charge >= 0.3 is 6.36 Å². The number of hydrogen-bond donors (Lipinski definition) is 3. The molecule has 54 heavy (non-hydrogen) atoms. The van der Waals surface area contributed by atoms with Crippen molar-refractivity contribution in [1.82, 2.24) is 29.9 Å². The number of nitrogens with one attached hydrogen (secondary N) is 3. The molecular weight excluding hydrogens is 710 g/mol. The third kappa shape index (κ3) is 8.27. The number of carbonyl (C=O) groups is 3. The van der Waals surface area contributed by atoms with Crippen LogP contribution < -0.4 is 20.9 Å². The number of H-pyrrole nitrogens is 1. The number of fused-ring (bicyclic) bond motifs is 1. The Bertz CT molecular complexity index is 2120. The minimum atomic E-state index is -4.89. The third-order valence-electron chi connectivity index (χ3n) is 10.8. The van der Waals surface area contributed by atoms with E-state index >= 15 is 4.39 Å². The van der Waals surface area contributed by atoms with Crippen molar-refractivity contribution < 1.29 is 36.7 Å². The molecule has 0 bridgehead atoms. The van der Waals surface area contributed by atoms with E-state index < -0.39 is 18.3 Å². The molecule has 5 heterocycles. The van der Waals surface area contributed by atoms with E-state index in [9.17, 15) is 32.3 Å². The molecule has 3 fully saturated rings. The highest BCUT2D eigenvalue weighted by Crippen LogP contribution is 2.36. The number of nitrogens with zero attached hydrogens (tertiary/aromatic N) is 4. The summed E-state index contributed by atoms with van der Waals surface area (Å²) < 4.78 is 61.7. The zero-order valence-electron chi connectivity index (χ0n) is 29.7. The first-order chi connectivity index (χ1) is 25.8. The Morgan fingerprint density at radius 3 is 2.46 bits per heavy atom. The zero-order chi connectivity index (χ0) is 38.1. The largest absolute Gasteiger partial charge is 0.573 e. The molecule has 3 aliphatic heterocycles. The maximum atomic E-state index is 15.2. The van der Waals surface area contributed by atoms with E-state index in [-0.39, 0.29) is 59.3 Å². The molecule has 3 N–H and O–H groups in total. The fourth-order valence-electron chi connectivity index (χ4n) is 7.86. The van der Waals surface area contributed by atoms with Crippen LogP contribution in [0.5, 0.6) is 5.75 Å². The highest BCUT2D eigenvalue weighted by Gasteiger charge is 2.34. The Morgan fingerprint density at radius 2 is 1.76 bits per heavy atom. The van der Waals surface area contributed by atoms with E-state index in [1.165, 1.54) is 22.9 Å². The van der Waals surface area contributed by atoms with Gasteiger partial charge in [-0.1, -0.05) is 18.2 Å². The highest BCUT2D eigenvalue weighted by atomic mass is 19.4. The number of ether oxygens (including phenoxy) is 1. The van der Waals surface area contributed by atoms with Crippen LogP contribution in [0.2, 0.25) is 0 Å². The predicted molar refractivity (Wildman–Crippen MR) is 191 cm³/mol. The standard InChI is InChI=1S/C38H41F4N7O5/c1-47-20-29(28-19-43-46-35(28)37(47)53)24-2-3-25(32(17-24)54-38(40,41)42)16-22-8-12-48(13-9-22)21-34(51)49-14-10-23(11-15-49)27-5-4-26(18-30(27)39)44-31-6-7-33(50)45-36(31)52/h2-5,17-20,22-23,31,44H,6-16,21H2,1H3,(H,43,46)(H,45,50,52). The van der Waals surface area contributed by atoms with Crippen LogP contribution in [-0.2, 0) is 27.9 Å². The molecule has 4 aromatic rings. The highest BCUT2D eigenvalue weighted by molar-refractivity contribution is 6.01. The number of likely N-dealkylation sites (tertiary alicyclic amines) is 2. The molecule has 3 amide bonds. The van der Waals surface area contributed by atoms with E-state index in [1.807, 2.05) is 4.90 Å². The second kappa shape index (κ2) is 15.2. The molecule has 0 radical (unpaired) electrons. The lowest BCUT2D eigenvalue weighted by Gasteiger charge is -2.36. The molecule has 12 nitrogen and oxygen atoms in total. The average molecular weight is 752 g/mol. The number of imide groups is 1. The fourth-order valence-corrected chi connectivity index (χ4v) is 7.86. The number of rotatable bonds is 9. The molecule has 3 saturated heterocycles.